The third-order valence-electron chi connectivity index (χ3n) is 2.88. The summed E-state index contributed by atoms with van der Waals surface area (Å²) in [7, 11) is 0. The second kappa shape index (κ2) is 5.35. The zero-order valence-corrected chi connectivity index (χ0v) is 12.3. The molecule has 0 aromatic heterocycles. The van der Waals surface area contributed by atoms with Crippen molar-refractivity contribution in [2.24, 2.45) is 0 Å². The lowest BCUT2D eigenvalue weighted by Gasteiger charge is -2.18. The Balaban J connectivity index is 2.09. The number of anilines is 1. The highest BCUT2D eigenvalue weighted by Crippen LogP contribution is 2.22. The molecule has 3 nitrogen and oxygen atoms in total. The van der Waals surface area contributed by atoms with Crippen molar-refractivity contribution < 1.29 is 4.79 Å². The maximum atomic E-state index is 12.2. The van der Waals surface area contributed by atoms with Crippen LogP contribution < -0.4 is 10.2 Å². The molecule has 2 rings (SSSR count). The molecule has 1 aromatic carbocycles. The molecule has 1 aliphatic rings. The molecule has 1 atom stereocenters. The number of rotatable bonds is 3. The first-order chi connectivity index (χ1) is 8.08. The number of nitrogens with zero attached hydrogens (tertiary/aromatic N) is 1. The molecule has 0 bridgehead atoms. The number of halogens is 1. The maximum absolute atomic E-state index is 12.2. The fourth-order valence-electron chi connectivity index (χ4n) is 2.11. The standard InChI is InChI=1S/C13H17IN2O/c1-9(2)15-12-7-8-16(13(12)17)11-5-3-10(14)4-6-11/h3-6,9,12,15H,7-8H2,1-2H3. The Morgan fingerprint density at radius 1 is 1.35 bits per heavy atom. The smallest absolute Gasteiger partial charge is 0.244 e. The van der Waals surface area contributed by atoms with Crippen molar-refractivity contribution in [2.45, 2.75) is 32.4 Å². The topological polar surface area (TPSA) is 32.3 Å². The number of hydrogen-bond acceptors (Lipinski definition) is 2. The summed E-state index contributed by atoms with van der Waals surface area (Å²) in [6.45, 7) is 4.95. The van der Waals surface area contributed by atoms with Crippen LogP contribution in [-0.4, -0.2) is 24.5 Å². The molecule has 1 aliphatic heterocycles. The lowest BCUT2D eigenvalue weighted by Crippen LogP contribution is -2.41. The Morgan fingerprint density at radius 3 is 2.59 bits per heavy atom. The van der Waals surface area contributed by atoms with Crippen LogP contribution in [0.15, 0.2) is 24.3 Å². The minimum Gasteiger partial charge on any atom is -0.311 e. The van der Waals surface area contributed by atoms with Gasteiger partial charge in [-0.15, -0.1) is 0 Å². The summed E-state index contributed by atoms with van der Waals surface area (Å²) in [6.07, 6.45) is 0.892. The summed E-state index contributed by atoms with van der Waals surface area (Å²) in [4.78, 5) is 14.1. The first-order valence-electron chi connectivity index (χ1n) is 5.91. The summed E-state index contributed by atoms with van der Waals surface area (Å²) in [6, 6.07) is 8.42. The molecular formula is C13H17IN2O. The van der Waals surface area contributed by atoms with Crippen LogP contribution in [0.2, 0.25) is 0 Å². The highest BCUT2D eigenvalue weighted by molar-refractivity contribution is 14.1. The SMILES string of the molecule is CC(C)NC1CCN(c2ccc(I)cc2)C1=O. The van der Waals surface area contributed by atoms with Crippen LogP contribution in [0.5, 0.6) is 0 Å². The number of carbonyl (C=O) groups is 1. The molecule has 17 heavy (non-hydrogen) atoms. The highest BCUT2D eigenvalue weighted by atomic mass is 127. The third kappa shape index (κ3) is 2.98. The quantitative estimate of drug-likeness (QED) is 0.854. The Hall–Kier alpha value is -0.620. The summed E-state index contributed by atoms with van der Waals surface area (Å²) >= 11 is 2.27. The molecule has 1 unspecified atom stereocenters. The van der Waals surface area contributed by atoms with E-state index in [4.69, 9.17) is 0 Å². The van der Waals surface area contributed by atoms with Gasteiger partial charge in [0.1, 0.15) is 0 Å². The van der Waals surface area contributed by atoms with Gasteiger partial charge >= 0.3 is 0 Å². The van der Waals surface area contributed by atoms with Gasteiger partial charge < -0.3 is 10.2 Å². The second-order valence-corrected chi connectivity index (χ2v) is 5.87. The summed E-state index contributed by atoms with van der Waals surface area (Å²) < 4.78 is 1.19. The van der Waals surface area contributed by atoms with Gasteiger partial charge in [-0.25, -0.2) is 0 Å². The van der Waals surface area contributed by atoms with Crippen molar-refractivity contribution in [3.8, 4) is 0 Å². The Morgan fingerprint density at radius 2 is 2.00 bits per heavy atom. The number of amides is 1. The van der Waals surface area contributed by atoms with E-state index in [1.54, 1.807) is 0 Å². The van der Waals surface area contributed by atoms with Crippen molar-refractivity contribution in [2.75, 3.05) is 11.4 Å². The molecule has 0 radical (unpaired) electrons. The lowest BCUT2D eigenvalue weighted by molar-refractivity contribution is -0.118. The average Bonchev–Trinajstić information content (AvgIpc) is 2.61. The number of nitrogens with one attached hydrogen (secondary N) is 1. The van der Waals surface area contributed by atoms with E-state index in [0.717, 1.165) is 18.7 Å². The van der Waals surface area contributed by atoms with E-state index in [1.165, 1.54) is 3.57 Å². The van der Waals surface area contributed by atoms with Crippen LogP contribution in [0.1, 0.15) is 20.3 Å². The molecule has 0 aliphatic carbocycles. The summed E-state index contributed by atoms with van der Waals surface area (Å²) in [5.41, 5.74) is 1.00. The monoisotopic (exact) mass is 344 g/mol. The number of carbonyl (C=O) groups excluding carboxylic acids is 1. The van der Waals surface area contributed by atoms with Crippen LogP contribution in [0.4, 0.5) is 5.69 Å². The molecular weight excluding hydrogens is 327 g/mol. The normalized spacial score (nSPS) is 20.4. The molecule has 1 fully saturated rings. The van der Waals surface area contributed by atoms with Gasteiger partial charge in [0.25, 0.3) is 0 Å². The zero-order valence-electron chi connectivity index (χ0n) is 10.1. The number of hydrogen-bond donors (Lipinski definition) is 1. The second-order valence-electron chi connectivity index (χ2n) is 4.63. The van der Waals surface area contributed by atoms with Gasteiger partial charge in [0.05, 0.1) is 6.04 Å². The van der Waals surface area contributed by atoms with E-state index in [2.05, 4.69) is 41.8 Å². The first-order valence-corrected chi connectivity index (χ1v) is 6.99. The molecule has 0 spiro atoms. The average molecular weight is 344 g/mol. The van der Waals surface area contributed by atoms with Gasteiger partial charge in [0.15, 0.2) is 0 Å². The largest absolute Gasteiger partial charge is 0.311 e. The van der Waals surface area contributed by atoms with Crippen molar-refractivity contribution in [1.29, 1.82) is 0 Å². The Labute approximate surface area is 116 Å². The van der Waals surface area contributed by atoms with Crippen LogP contribution in [0, 0.1) is 3.57 Å². The van der Waals surface area contributed by atoms with E-state index in [-0.39, 0.29) is 11.9 Å². The van der Waals surface area contributed by atoms with Crippen molar-refractivity contribution in [3.05, 3.63) is 27.8 Å². The summed E-state index contributed by atoms with van der Waals surface area (Å²) in [5, 5.41) is 3.31. The minimum absolute atomic E-state index is 0.0192. The van der Waals surface area contributed by atoms with Gasteiger partial charge in [0.2, 0.25) is 5.91 Å². The van der Waals surface area contributed by atoms with Gasteiger partial charge in [-0.05, 0) is 53.3 Å². The molecule has 92 valence electrons. The van der Waals surface area contributed by atoms with E-state index in [9.17, 15) is 4.79 Å². The van der Waals surface area contributed by atoms with Gasteiger partial charge in [-0.1, -0.05) is 13.8 Å². The van der Waals surface area contributed by atoms with Crippen LogP contribution >= 0.6 is 22.6 Å². The van der Waals surface area contributed by atoms with Crippen molar-refractivity contribution in [3.63, 3.8) is 0 Å². The van der Waals surface area contributed by atoms with Gasteiger partial charge in [-0.2, -0.15) is 0 Å². The molecule has 1 N–H and O–H groups in total. The van der Waals surface area contributed by atoms with Crippen molar-refractivity contribution in [1.82, 2.24) is 5.32 Å². The zero-order chi connectivity index (χ0) is 12.4. The van der Waals surface area contributed by atoms with Crippen LogP contribution in [0.3, 0.4) is 0 Å². The number of benzene rings is 1. The molecule has 1 amide bonds. The van der Waals surface area contributed by atoms with E-state index in [1.807, 2.05) is 29.2 Å². The fraction of sp³-hybridized carbons (Fsp3) is 0.462. The minimum atomic E-state index is -0.0192. The Bertz CT molecular complexity index is 402. The molecule has 4 heteroatoms. The van der Waals surface area contributed by atoms with E-state index < -0.39 is 0 Å². The Kier molecular flexibility index (Phi) is 4.04. The van der Waals surface area contributed by atoms with Gasteiger partial charge in [0, 0.05) is 21.8 Å². The van der Waals surface area contributed by atoms with Gasteiger partial charge in [-0.3, -0.25) is 4.79 Å². The molecule has 1 saturated heterocycles. The third-order valence-corrected chi connectivity index (χ3v) is 3.60. The van der Waals surface area contributed by atoms with E-state index in [0.29, 0.717) is 6.04 Å². The maximum Gasteiger partial charge on any atom is 0.244 e. The molecule has 1 heterocycles. The predicted octanol–water partition coefficient (Wildman–Crippen LogP) is 2.39. The lowest BCUT2D eigenvalue weighted by atomic mass is 10.2. The van der Waals surface area contributed by atoms with E-state index >= 15 is 0 Å². The molecule has 0 saturated carbocycles. The van der Waals surface area contributed by atoms with Crippen LogP contribution in [0.25, 0.3) is 0 Å². The predicted molar refractivity (Wildman–Crippen MR) is 78.2 cm³/mol. The van der Waals surface area contributed by atoms with Crippen molar-refractivity contribution >= 4 is 34.2 Å². The molecule has 1 aromatic rings. The first kappa shape index (κ1) is 12.8. The van der Waals surface area contributed by atoms with Crippen LogP contribution in [-0.2, 0) is 4.79 Å². The summed E-state index contributed by atoms with van der Waals surface area (Å²) in [5.74, 6) is 0.194. The fourth-order valence-corrected chi connectivity index (χ4v) is 2.47. The highest BCUT2D eigenvalue weighted by Gasteiger charge is 2.32.